The molecule has 110 valence electrons. The Labute approximate surface area is 127 Å². The first-order valence-corrected chi connectivity index (χ1v) is 7.18. The van der Waals surface area contributed by atoms with Gasteiger partial charge >= 0.3 is 5.68 Å². The van der Waals surface area contributed by atoms with Gasteiger partial charge in [0.2, 0.25) is 5.95 Å². The summed E-state index contributed by atoms with van der Waals surface area (Å²) in [5, 5.41) is 11.9. The minimum atomic E-state index is 0.00905. The van der Waals surface area contributed by atoms with E-state index in [9.17, 15) is 0 Å². The summed E-state index contributed by atoms with van der Waals surface area (Å²) in [7, 11) is 0. The normalized spacial score (nSPS) is 15.1. The highest BCUT2D eigenvalue weighted by molar-refractivity contribution is 7.80. The molecule has 6 nitrogen and oxygen atoms in total. The molecule has 0 bridgehead atoms. The van der Waals surface area contributed by atoms with Crippen molar-refractivity contribution in [3.05, 3.63) is 41.6 Å². The van der Waals surface area contributed by atoms with Gasteiger partial charge in [0.05, 0.1) is 19.8 Å². The minimum absolute atomic E-state index is 0.00905. The van der Waals surface area contributed by atoms with E-state index in [2.05, 4.69) is 10.1 Å². The van der Waals surface area contributed by atoms with Crippen LogP contribution in [0.5, 0.6) is 0 Å². The maximum Gasteiger partial charge on any atom is 0.322 e. The molecule has 1 aromatic carbocycles. The Kier molecular flexibility index (Phi) is 4.12. The second-order valence-corrected chi connectivity index (χ2v) is 5.26. The molecular weight excluding hydrogens is 288 g/mol. The average Bonchev–Trinajstić information content (AvgIpc) is 2.90. The molecule has 0 atom stereocenters. The summed E-state index contributed by atoms with van der Waals surface area (Å²) in [5.74, 6) is 0.640. The van der Waals surface area contributed by atoms with Crippen molar-refractivity contribution < 1.29 is 9.26 Å². The van der Waals surface area contributed by atoms with Crippen LogP contribution in [-0.4, -0.2) is 40.9 Å². The number of rotatable bonds is 4. The van der Waals surface area contributed by atoms with Crippen LogP contribution in [0.2, 0.25) is 0 Å². The van der Waals surface area contributed by atoms with Crippen LogP contribution >= 0.6 is 12.2 Å². The Bertz CT molecular complexity index is 674. The first-order chi connectivity index (χ1) is 10.3. The van der Waals surface area contributed by atoms with Crippen molar-refractivity contribution in [2.24, 2.45) is 0 Å². The lowest BCUT2D eigenvalue weighted by molar-refractivity contribution is 0.121. The van der Waals surface area contributed by atoms with E-state index in [-0.39, 0.29) is 5.68 Å². The van der Waals surface area contributed by atoms with E-state index < -0.39 is 0 Å². The molecule has 0 radical (unpaired) electrons. The Hall–Kier alpha value is -1.99. The third-order valence-corrected chi connectivity index (χ3v) is 3.76. The molecule has 2 heterocycles. The molecule has 3 rings (SSSR count). The Morgan fingerprint density at radius 1 is 1.24 bits per heavy atom. The van der Waals surface area contributed by atoms with Crippen LogP contribution < -0.4 is 10.6 Å². The third kappa shape index (κ3) is 3.03. The third-order valence-electron chi connectivity index (χ3n) is 3.39. The maximum absolute atomic E-state index is 7.88. The van der Waals surface area contributed by atoms with E-state index in [1.807, 2.05) is 30.3 Å². The van der Waals surface area contributed by atoms with E-state index >= 15 is 0 Å². The largest absolute Gasteiger partial charge is 0.378 e. The molecule has 0 unspecified atom stereocenters. The Morgan fingerprint density at radius 3 is 2.67 bits per heavy atom. The van der Waals surface area contributed by atoms with Crippen LogP contribution in [0.3, 0.4) is 0 Å². The number of morpholine rings is 1. The van der Waals surface area contributed by atoms with Gasteiger partial charge in [-0.3, -0.25) is 4.57 Å². The van der Waals surface area contributed by atoms with Crippen LogP contribution in [0.15, 0.2) is 34.9 Å². The SMILES string of the molecule is N=c1onc(N2CCOCC2)n1CC(=S)c1ccccc1. The van der Waals surface area contributed by atoms with Crippen molar-refractivity contribution >= 4 is 23.0 Å². The van der Waals surface area contributed by atoms with E-state index in [0.717, 1.165) is 23.5 Å². The van der Waals surface area contributed by atoms with Gasteiger partial charge in [0, 0.05) is 18.0 Å². The lowest BCUT2D eigenvalue weighted by atomic mass is 10.1. The summed E-state index contributed by atoms with van der Waals surface area (Å²) in [6.45, 7) is 3.20. The minimum Gasteiger partial charge on any atom is -0.378 e. The van der Waals surface area contributed by atoms with Crippen molar-refractivity contribution in [3.63, 3.8) is 0 Å². The van der Waals surface area contributed by atoms with Crippen molar-refractivity contribution in [2.75, 3.05) is 31.2 Å². The predicted molar refractivity (Wildman–Crippen MR) is 81.5 cm³/mol. The summed E-state index contributed by atoms with van der Waals surface area (Å²) in [5.41, 5.74) is 0.989. The molecule has 2 aromatic rings. The number of aromatic nitrogens is 2. The molecule has 0 saturated carbocycles. The van der Waals surface area contributed by atoms with Gasteiger partial charge in [0.25, 0.3) is 0 Å². The van der Waals surface area contributed by atoms with Crippen molar-refractivity contribution in [1.82, 2.24) is 9.72 Å². The number of nitrogens with one attached hydrogen (secondary N) is 1. The summed E-state index contributed by atoms with van der Waals surface area (Å²) in [6.07, 6.45) is 0. The maximum atomic E-state index is 7.88. The highest BCUT2D eigenvalue weighted by Crippen LogP contribution is 2.12. The molecule has 1 N–H and O–H groups in total. The first kappa shape index (κ1) is 14.0. The zero-order chi connectivity index (χ0) is 14.7. The predicted octanol–water partition coefficient (Wildman–Crippen LogP) is 1.21. The topological polar surface area (TPSA) is 67.3 Å². The van der Waals surface area contributed by atoms with Gasteiger partial charge in [0.1, 0.15) is 0 Å². The molecule has 1 aliphatic heterocycles. The smallest absolute Gasteiger partial charge is 0.322 e. The molecule has 0 spiro atoms. The molecule has 1 aliphatic rings. The van der Waals surface area contributed by atoms with Crippen LogP contribution in [0, 0.1) is 5.41 Å². The monoisotopic (exact) mass is 304 g/mol. The number of hydrogen-bond acceptors (Lipinski definition) is 6. The standard InChI is InChI=1S/C14H16N4O2S/c15-13-18(10-12(21)11-4-2-1-3-5-11)14(16-20-13)17-6-8-19-9-7-17/h1-5,15H,6-10H2. The van der Waals surface area contributed by atoms with Crippen LogP contribution in [0.25, 0.3) is 0 Å². The number of thiocarbonyl (C=S) groups is 1. The number of hydrogen-bond donors (Lipinski definition) is 1. The summed E-state index contributed by atoms with van der Waals surface area (Å²) < 4.78 is 12.1. The quantitative estimate of drug-likeness (QED) is 0.679. The van der Waals surface area contributed by atoms with Crippen LogP contribution in [-0.2, 0) is 11.3 Å². The van der Waals surface area contributed by atoms with Gasteiger partial charge < -0.3 is 14.2 Å². The van der Waals surface area contributed by atoms with E-state index in [0.29, 0.717) is 25.7 Å². The fourth-order valence-electron chi connectivity index (χ4n) is 2.27. The summed E-state index contributed by atoms with van der Waals surface area (Å²) in [6, 6.07) is 9.78. The fraction of sp³-hybridized carbons (Fsp3) is 0.357. The fourth-order valence-corrected chi connectivity index (χ4v) is 2.53. The van der Waals surface area contributed by atoms with Gasteiger partial charge in [-0.05, 0) is 10.7 Å². The first-order valence-electron chi connectivity index (χ1n) is 6.78. The van der Waals surface area contributed by atoms with Gasteiger partial charge in [-0.1, -0.05) is 42.5 Å². The second kappa shape index (κ2) is 6.19. The van der Waals surface area contributed by atoms with Crippen molar-refractivity contribution in [2.45, 2.75) is 6.54 Å². The van der Waals surface area contributed by atoms with E-state index in [1.165, 1.54) is 0 Å². The highest BCUT2D eigenvalue weighted by Gasteiger charge is 2.19. The molecule has 0 amide bonds. The van der Waals surface area contributed by atoms with Gasteiger partial charge in [0.15, 0.2) is 0 Å². The van der Waals surface area contributed by atoms with Crippen molar-refractivity contribution in [3.8, 4) is 0 Å². The summed E-state index contributed by atoms with van der Waals surface area (Å²) >= 11 is 5.47. The Balaban J connectivity index is 1.83. The van der Waals surface area contributed by atoms with Gasteiger partial charge in [-0.25, -0.2) is 5.41 Å². The molecule has 21 heavy (non-hydrogen) atoms. The van der Waals surface area contributed by atoms with E-state index in [1.54, 1.807) is 4.57 Å². The number of benzene rings is 1. The van der Waals surface area contributed by atoms with Gasteiger partial charge in [-0.2, -0.15) is 0 Å². The Morgan fingerprint density at radius 2 is 1.95 bits per heavy atom. The highest BCUT2D eigenvalue weighted by atomic mass is 32.1. The molecular formula is C14H16N4O2S. The molecule has 1 aromatic heterocycles. The molecule has 1 saturated heterocycles. The lowest BCUT2D eigenvalue weighted by Gasteiger charge is -2.27. The molecule has 1 fully saturated rings. The molecule has 7 heteroatoms. The molecule has 0 aliphatic carbocycles. The van der Waals surface area contributed by atoms with E-state index in [4.69, 9.17) is 26.9 Å². The van der Waals surface area contributed by atoms with Crippen molar-refractivity contribution in [1.29, 1.82) is 5.41 Å². The van der Waals surface area contributed by atoms with Crippen LogP contribution in [0.4, 0.5) is 5.95 Å². The van der Waals surface area contributed by atoms with Crippen LogP contribution in [0.1, 0.15) is 5.56 Å². The number of nitrogens with zero attached hydrogens (tertiary/aromatic N) is 3. The van der Waals surface area contributed by atoms with Gasteiger partial charge in [-0.15, -0.1) is 0 Å². The second-order valence-electron chi connectivity index (χ2n) is 4.76. The lowest BCUT2D eigenvalue weighted by Crippen LogP contribution is -2.39. The zero-order valence-corrected chi connectivity index (χ0v) is 12.3. The average molecular weight is 304 g/mol. The number of anilines is 1. The zero-order valence-electron chi connectivity index (χ0n) is 11.5. The summed E-state index contributed by atoms with van der Waals surface area (Å²) in [4.78, 5) is 2.81. The number of ether oxygens (including phenoxy) is 1.